The van der Waals surface area contributed by atoms with Gasteiger partial charge in [-0.3, -0.25) is 14.1 Å². The van der Waals surface area contributed by atoms with Gasteiger partial charge in [-0.1, -0.05) is 224 Å². The Labute approximate surface area is 414 Å². The number of ether oxygens (including phenoxy) is 4. The molecular weight excluding hydrogens is 885 g/mol. The summed E-state index contributed by atoms with van der Waals surface area (Å²) in [6, 6.07) is 0. The molecule has 398 valence electrons. The molecular formula is C55H100O12S. The summed E-state index contributed by atoms with van der Waals surface area (Å²) >= 11 is 0. The first-order valence-corrected chi connectivity index (χ1v) is 29.2. The number of allylic oxidation sites excluding steroid dienone is 6. The molecule has 12 nitrogen and oxygen atoms in total. The maximum absolute atomic E-state index is 12.9. The molecule has 4 N–H and O–H groups in total. The zero-order chi connectivity index (χ0) is 49.8. The molecule has 0 spiro atoms. The summed E-state index contributed by atoms with van der Waals surface area (Å²) in [5, 5.41) is 31.0. The van der Waals surface area contributed by atoms with Crippen LogP contribution in [-0.4, -0.2) is 96.0 Å². The van der Waals surface area contributed by atoms with Crippen molar-refractivity contribution >= 4 is 22.1 Å². The highest BCUT2D eigenvalue weighted by atomic mass is 32.2. The van der Waals surface area contributed by atoms with Crippen molar-refractivity contribution in [1.82, 2.24) is 0 Å². The Hall–Kier alpha value is -2.13. The molecule has 68 heavy (non-hydrogen) atoms. The lowest BCUT2D eigenvalue weighted by Gasteiger charge is -2.40. The zero-order valence-electron chi connectivity index (χ0n) is 43.0. The van der Waals surface area contributed by atoms with Crippen LogP contribution in [0.2, 0.25) is 0 Å². The summed E-state index contributed by atoms with van der Waals surface area (Å²) in [6.45, 7) is 3.76. The molecule has 0 aromatic carbocycles. The lowest BCUT2D eigenvalue weighted by Crippen LogP contribution is -2.60. The van der Waals surface area contributed by atoms with Gasteiger partial charge in [0.15, 0.2) is 12.4 Å². The first-order valence-electron chi connectivity index (χ1n) is 27.5. The van der Waals surface area contributed by atoms with Gasteiger partial charge in [0.2, 0.25) is 0 Å². The summed E-state index contributed by atoms with van der Waals surface area (Å²) in [7, 11) is -4.61. The Bertz CT molecular complexity index is 1380. The highest BCUT2D eigenvalue weighted by Gasteiger charge is 2.46. The van der Waals surface area contributed by atoms with Crippen LogP contribution in [0.1, 0.15) is 245 Å². The monoisotopic (exact) mass is 985 g/mol. The zero-order valence-corrected chi connectivity index (χ0v) is 43.8. The van der Waals surface area contributed by atoms with Crippen molar-refractivity contribution in [1.29, 1.82) is 0 Å². The number of hydrogen-bond donors (Lipinski definition) is 4. The molecule has 0 aromatic rings. The van der Waals surface area contributed by atoms with Gasteiger partial charge in [0, 0.05) is 12.8 Å². The van der Waals surface area contributed by atoms with Gasteiger partial charge in [0.05, 0.1) is 6.61 Å². The maximum atomic E-state index is 12.9. The Morgan fingerprint density at radius 3 is 1.35 bits per heavy atom. The Balaban J connectivity index is 2.34. The minimum absolute atomic E-state index is 0.0947. The van der Waals surface area contributed by atoms with Gasteiger partial charge < -0.3 is 34.3 Å². The molecule has 1 heterocycles. The largest absolute Gasteiger partial charge is 0.462 e. The van der Waals surface area contributed by atoms with Crippen molar-refractivity contribution in [2.75, 3.05) is 19.0 Å². The van der Waals surface area contributed by atoms with Crippen molar-refractivity contribution in [3.05, 3.63) is 36.5 Å². The normalized spacial score (nSPS) is 19.4. The topological polar surface area (TPSA) is 186 Å². The fraction of sp³-hybridized carbons (Fsp3) is 0.855. The van der Waals surface area contributed by atoms with Gasteiger partial charge in [0.1, 0.15) is 36.8 Å². The Morgan fingerprint density at radius 1 is 0.500 bits per heavy atom. The molecule has 1 fully saturated rings. The lowest BCUT2D eigenvalue weighted by atomic mass is 10.00. The summed E-state index contributed by atoms with van der Waals surface area (Å²) in [5.74, 6) is -2.04. The second kappa shape index (κ2) is 44.8. The number of rotatable bonds is 47. The Morgan fingerprint density at radius 2 is 0.897 bits per heavy atom. The van der Waals surface area contributed by atoms with Crippen molar-refractivity contribution in [2.24, 2.45) is 0 Å². The molecule has 0 radical (unpaired) electrons. The summed E-state index contributed by atoms with van der Waals surface area (Å²) in [4.78, 5) is 25.5. The van der Waals surface area contributed by atoms with Crippen LogP contribution in [0.5, 0.6) is 0 Å². The van der Waals surface area contributed by atoms with E-state index in [4.69, 9.17) is 18.9 Å². The van der Waals surface area contributed by atoms with E-state index in [0.717, 1.165) is 38.5 Å². The van der Waals surface area contributed by atoms with Crippen LogP contribution in [0.15, 0.2) is 36.5 Å². The standard InChI is InChI=1S/C55H100O12S/c1-3-5-7-9-11-13-15-17-19-21-22-23-24-25-26-28-29-31-33-35-37-39-41-43-50(56)64-45-48(46-65-55-54(60)53(59)52(58)49(67-55)47-68(61,62)63)66-51(57)44-42-40-38-36-34-32-30-27-20-18-16-14-12-10-8-6-4-2/h18,20,30,32,36,38,48-49,52-55,58-60H,3-17,19,21-29,31,33-35,37,39-47H2,1-2H3,(H,61,62,63)/b20-18+,32-30+,38-36+/t48-,49-,52-,53?,54?,55+/m1/s1. The van der Waals surface area contributed by atoms with Crippen molar-refractivity contribution < 1.29 is 56.8 Å². The minimum atomic E-state index is -4.61. The number of hydrogen-bond acceptors (Lipinski definition) is 11. The third-order valence-corrected chi connectivity index (χ3v) is 13.5. The van der Waals surface area contributed by atoms with Gasteiger partial charge in [0.25, 0.3) is 10.1 Å². The fourth-order valence-electron chi connectivity index (χ4n) is 8.46. The van der Waals surface area contributed by atoms with E-state index >= 15 is 0 Å². The third kappa shape index (κ3) is 38.6. The molecule has 0 amide bonds. The second-order valence-electron chi connectivity index (χ2n) is 19.3. The Kier molecular flexibility index (Phi) is 42.1. The number of esters is 2. The number of aliphatic hydroxyl groups excluding tert-OH is 3. The lowest BCUT2D eigenvalue weighted by molar-refractivity contribution is -0.297. The van der Waals surface area contributed by atoms with E-state index in [-0.39, 0.29) is 19.4 Å². The highest BCUT2D eigenvalue weighted by molar-refractivity contribution is 7.85. The maximum Gasteiger partial charge on any atom is 0.306 e. The van der Waals surface area contributed by atoms with Crippen LogP contribution < -0.4 is 0 Å². The first kappa shape index (κ1) is 63.9. The van der Waals surface area contributed by atoms with Gasteiger partial charge in [-0.25, -0.2) is 0 Å². The van der Waals surface area contributed by atoms with Crippen LogP contribution in [0.4, 0.5) is 0 Å². The molecule has 1 rings (SSSR count). The van der Waals surface area contributed by atoms with E-state index in [9.17, 15) is 37.9 Å². The predicted molar refractivity (Wildman–Crippen MR) is 275 cm³/mol. The van der Waals surface area contributed by atoms with Gasteiger partial charge in [-0.2, -0.15) is 8.42 Å². The van der Waals surface area contributed by atoms with E-state index in [2.05, 4.69) is 44.2 Å². The summed E-state index contributed by atoms with van der Waals surface area (Å²) in [6.07, 6.45) is 44.9. The SMILES string of the molecule is CCCCCCCC/C=C/C/C=C/C/C=C/CCCC(=O)O[C@H](COC(=O)CCCCCCCCCCCCCCCCCCCCCCCCC)CO[C@H]1O[C@H](CS(=O)(=O)O)[C@@H](O)C(O)C1O. The number of aliphatic hydroxyl groups is 3. The average molecular weight is 985 g/mol. The molecule has 1 aliphatic heterocycles. The van der Waals surface area contributed by atoms with Crippen LogP contribution in [0, 0.1) is 0 Å². The molecule has 13 heteroatoms. The summed E-state index contributed by atoms with van der Waals surface area (Å²) < 4.78 is 54.2. The van der Waals surface area contributed by atoms with Gasteiger partial charge >= 0.3 is 11.9 Å². The smallest absolute Gasteiger partial charge is 0.306 e. The fourth-order valence-corrected chi connectivity index (χ4v) is 9.15. The van der Waals surface area contributed by atoms with Crippen LogP contribution >= 0.6 is 0 Å². The predicted octanol–water partition coefficient (Wildman–Crippen LogP) is 12.9. The van der Waals surface area contributed by atoms with Crippen LogP contribution in [-0.2, 0) is 38.7 Å². The second-order valence-corrected chi connectivity index (χ2v) is 20.8. The first-order chi connectivity index (χ1) is 33.0. The summed E-state index contributed by atoms with van der Waals surface area (Å²) in [5.41, 5.74) is 0. The van der Waals surface area contributed by atoms with E-state index in [1.807, 2.05) is 6.08 Å². The van der Waals surface area contributed by atoms with Crippen molar-refractivity contribution in [3.8, 4) is 0 Å². The van der Waals surface area contributed by atoms with E-state index in [0.29, 0.717) is 19.3 Å². The van der Waals surface area contributed by atoms with E-state index < -0.39 is 71.2 Å². The van der Waals surface area contributed by atoms with Gasteiger partial charge in [-0.05, 0) is 44.9 Å². The molecule has 1 saturated heterocycles. The van der Waals surface area contributed by atoms with Crippen molar-refractivity contribution in [3.63, 3.8) is 0 Å². The quantitative estimate of drug-likeness (QED) is 0.0196. The number of carbonyl (C=O) groups excluding carboxylic acids is 2. The van der Waals surface area contributed by atoms with Crippen LogP contribution in [0.25, 0.3) is 0 Å². The molecule has 0 saturated carbocycles. The third-order valence-electron chi connectivity index (χ3n) is 12.7. The van der Waals surface area contributed by atoms with Gasteiger partial charge in [-0.15, -0.1) is 0 Å². The average Bonchev–Trinajstić information content (AvgIpc) is 3.31. The van der Waals surface area contributed by atoms with Crippen molar-refractivity contribution in [2.45, 2.75) is 282 Å². The highest BCUT2D eigenvalue weighted by Crippen LogP contribution is 2.24. The van der Waals surface area contributed by atoms with E-state index in [1.54, 1.807) is 0 Å². The molecule has 0 aliphatic carbocycles. The number of unbranched alkanes of at least 4 members (excludes halogenated alkanes) is 29. The van der Waals surface area contributed by atoms with Crippen LogP contribution in [0.3, 0.4) is 0 Å². The van der Waals surface area contributed by atoms with E-state index in [1.165, 1.54) is 161 Å². The molecule has 1 aliphatic rings. The number of carbonyl (C=O) groups is 2. The molecule has 0 bridgehead atoms. The molecule has 0 aromatic heterocycles. The molecule has 6 atom stereocenters. The molecule has 2 unspecified atom stereocenters. The minimum Gasteiger partial charge on any atom is -0.462 e.